The van der Waals surface area contributed by atoms with Crippen LogP contribution in [0, 0.1) is 6.92 Å². The number of benzene rings is 1. The van der Waals surface area contributed by atoms with Crippen LogP contribution in [0.3, 0.4) is 0 Å². The number of rotatable bonds is 2. The van der Waals surface area contributed by atoms with Gasteiger partial charge in [0.1, 0.15) is 0 Å². The molecule has 2 heterocycles. The van der Waals surface area contributed by atoms with Crippen LogP contribution in [0.4, 0.5) is 11.7 Å². The first kappa shape index (κ1) is 9.84. The first-order valence-corrected chi connectivity index (χ1v) is 5.36. The Morgan fingerprint density at radius 3 is 2.71 bits per heavy atom. The van der Waals surface area contributed by atoms with Crippen LogP contribution in [0.2, 0.25) is 0 Å². The minimum absolute atomic E-state index is 0.461. The fourth-order valence-electron chi connectivity index (χ4n) is 1.58. The second-order valence-corrected chi connectivity index (χ2v) is 3.84. The van der Waals surface area contributed by atoms with Crippen molar-refractivity contribution in [3.8, 4) is 0 Å². The summed E-state index contributed by atoms with van der Waals surface area (Å²) in [6, 6.07) is 12.2. The van der Waals surface area contributed by atoms with Gasteiger partial charge in [0.2, 0.25) is 5.65 Å². The largest absolute Gasteiger partial charge is 0.422 e. The van der Waals surface area contributed by atoms with Gasteiger partial charge in [-0.1, -0.05) is 17.7 Å². The Bertz CT molecular complexity index is 610. The number of hydrogen-bond acceptors (Lipinski definition) is 4. The number of pyridine rings is 1. The van der Waals surface area contributed by atoms with E-state index in [0.717, 1.165) is 5.69 Å². The van der Waals surface area contributed by atoms with Crippen LogP contribution in [-0.4, -0.2) is 9.97 Å². The molecular weight excluding hydrogens is 214 g/mol. The van der Waals surface area contributed by atoms with Gasteiger partial charge in [0.25, 0.3) is 0 Å². The predicted molar refractivity (Wildman–Crippen MR) is 66.3 cm³/mol. The highest BCUT2D eigenvalue weighted by Crippen LogP contribution is 2.20. The molecule has 4 heteroatoms. The third-order valence-electron chi connectivity index (χ3n) is 2.47. The van der Waals surface area contributed by atoms with E-state index in [1.54, 1.807) is 6.20 Å². The van der Waals surface area contributed by atoms with Crippen molar-refractivity contribution in [2.45, 2.75) is 6.92 Å². The summed E-state index contributed by atoms with van der Waals surface area (Å²) in [6.45, 7) is 2.05. The molecule has 0 spiro atoms. The van der Waals surface area contributed by atoms with Gasteiger partial charge in [-0.2, -0.15) is 4.98 Å². The van der Waals surface area contributed by atoms with Crippen molar-refractivity contribution in [1.29, 1.82) is 0 Å². The third kappa shape index (κ3) is 1.97. The van der Waals surface area contributed by atoms with Crippen LogP contribution in [-0.2, 0) is 0 Å². The number of hydrogen-bond donors (Lipinski definition) is 1. The molecule has 0 saturated carbocycles. The summed E-state index contributed by atoms with van der Waals surface area (Å²) >= 11 is 0. The molecule has 0 amide bonds. The molecule has 0 saturated heterocycles. The van der Waals surface area contributed by atoms with Gasteiger partial charge in [-0.15, -0.1) is 0 Å². The molecule has 0 unspecified atom stereocenters. The third-order valence-corrected chi connectivity index (χ3v) is 2.47. The first-order chi connectivity index (χ1) is 8.31. The maximum atomic E-state index is 5.52. The second kappa shape index (κ2) is 3.90. The topological polar surface area (TPSA) is 51.0 Å². The van der Waals surface area contributed by atoms with Gasteiger partial charge >= 0.3 is 6.01 Å². The zero-order valence-electron chi connectivity index (χ0n) is 9.34. The van der Waals surface area contributed by atoms with E-state index in [1.165, 1.54) is 5.56 Å². The normalized spacial score (nSPS) is 10.6. The first-order valence-electron chi connectivity index (χ1n) is 5.36. The van der Waals surface area contributed by atoms with Gasteiger partial charge in [0.15, 0.2) is 5.58 Å². The summed E-state index contributed by atoms with van der Waals surface area (Å²) < 4.78 is 5.52. The zero-order valence-corrected chi connectivity index (χ0v) is 9.34. The van der Waals surface area contributed by atoms with Crippen LogP contribution in [0.25, 0.3) is 11.2 Å². The lowest BCUT2D eigenvalue weighted by atomic mass is 10.2. The van der Waals surface area contributed by atoms with Gasteiger partial charge in [-0.05, 0) is 31.2 Å². The standard InChI is InChI=1S/C13H11N3O/c1-9-4-6-10(7-5-9)15-13-16-12-11(17-13)3-2-8-14-12/h2-8H,1H3,(H,14,15,16). The number of aryl methyl sites for hydroxylation is 1. The summed E-state index contributed by atoms with van der Waals surface area (Å²) in [5.41, 5.74) is 3.46. The Balaban J connectivity index is 1.92. The van der Waals surface area contributed by atoms with Crippen LogP contribution in [0.15, 0.2) is 47.0 Å². The van der Waals surface area contributed by atoms with E-state index in [0.29, 0.717) is 17.2 Å². The van der Waals surface area contributed by atoms with Crippen molar-refractivity contribution in [1.82, 2.24) is 9.97 Å². The molecule has 0 radical (unpaired) electrons. The molecule has 1 aromatic carbocycles. The summed E-state index contributed by atoms with van der Waals surface area (Å²) in [5.74, 6) is 0. The second-order valence-electron chi connectivity index (χ2n) is 3.84. The van der Waals surface area contributed by atoms with Crippen LogP contribution < -0.4 is 5.32 Å². The molecule has 17 heavy (non-hydrogen) atoms. The Labute approximate surface area is 98.3 Å². The van der Waals surface area contributed by atoms with E-state index in [1.807, 2.05) is 43.3 Å². The molecule has 0 fully saturated rings. The monoisotopic (exact) mass is 225 g/mol. The lowest BCUT2D eigenvalue weighted by molar-refractivity contribution is 0.623. The Morgan fingerprint density at radius 2 is 1.94 bits per heavy atom. The molecule has 2 aromatic heterocycles. The number of oxazole rings is 1. The van der Waals surface area contributed by atoms with Gasteiger partial charge in [-0.3, -0.25) is 0 Å². The average Bonchev–Trinajstić information content (AvgIpc) is 2.74. The maximum absolute atomic E-state index is 5.52. The fraction of sp³-hybridized carbons (Fsp3) is 0.0769. The van der Waals surface area contributed by atoms with E-state index >= 15 is 0 Å². The average molecular weight is 225 g/mol. The highest BCUT2D eigenvalue weighted by molar-refractivity contribution is 5.70. The van der Waals surface area contributed by atoms with Crippen molar-refractivity contribution in [2.75, 3.05) is 5.32 Å². The van der Waals surface area contributed by atoms with Crippen molar-refractivity contribution in [3.63, 3.8) is 0 Å². The van der Waals surface area contributed by atoms with E-state index in [-0.39, 0.29) is 0 Å². The lowest BCUT2D eigenvalue weighted by Gasteiger charge is -2.00. The summed E-state index contributed by atoms with van der Waals surface area (Å²) in [4.78, 5) is 8.35. The van der Waals surface area contributed by atoms with Crippen molar-refractivity contribution in [3.05, 3.63) is 48.2 Å². The molecule has 1 N–H and O–H groups in total. The summed E-state index contributed by atoms with van der Waals surface area (Å²) in [5, 5.41) is 3.10. The molecule has 0 aliphatic heterocycles. The lowest BCUT2D eigenvalue weighted by Crippen LogP contribution is -1.89. The van der Waals surface area contributed by atoms with Crippen LogP contribution >= 0.6 is 0 Å². The van der Waals surface area contributed by atoms with Crippen LogP contribution in [0.1, 0.15) is 5.56 Å². The molecule has 4 nitrogen and oxygen atoms in total. The van der Waals surface area contributed by atoms with E-state index in [4.69, 9.17) is 4.42 Å². The zero-order chi connectivity index (χ0) is 11.7. The summed E-state index contributed by atoms with van der Waals surface area (Å²) in [7, 11) is 0. The van der Waals surface area contributed by atoms with Gasteiger partial charge in [0.05, 0.1) is 0 Å². The molecule has 0 bridgehead atoms. The Hall–Kier alpha value is -2.36. The molecule has 0 aliphatic rings. The van der Waals surface area contributed by atoms with Gasteiger partial charge < -0.3 is 9.73 Å². The van der Waals surface area contributed by atoms with E-state index < -0.39 is 0 Å². The number of nitrogens with one attached hydrogen (secondary N) is 1. The molecule has 0 aliphatic carbocycles. The van der Waals surface area contributed by atoms with Crippen LogP contribution in [0.5, 0.6) is 0 Å². The van der Waals surface area contributed by atoms with Gasteiger partial charge in [-0.25, -0.2) is 4.98 Å². The van der Waals surface area contributed by atoms with E-state index in [2.05, 4.69) is 15.3 Å². The number of anilines is 2. The Kier molecular flexibility index (Phi) is 2.26. The minimum Gasteiger partial charge on any atom is -0.422 e. The van der Waals surface area contributed by atoms with E-state index in [9.17, 15) is 0 Å². The highest BCUT2D eigenvalue weighted by atomic mass is 16.4. The summed E-state index contributed by atoms with van der Waals surface area (Å²) in [6.07, 6.45) is 1.69. The minimum atomic E-state index is 0.461. The maximum Gasteiger partial charge on any atom is 0.301 e. The number of nitrogens with zero attached hydrogens (tertiary/aromatic N) is 2. The quantitative estimate of drug-likeness (QED) is 0.727. The molecule has 3 rings (SSSR count). The Morgan fingerprint density at radius 1 is 1.12 bits per heavy atom. The number of fused-ring (bicyclic) bond motifs is 1. The highest BCUT2D eigenvalue weighted by Gasteiger charge is 2.05. The fourth-order valence-corrected chi connectivity index (χ4v) is 1.58. The predicted octanol–water partition coefficient (Wildman–Crippen LogP) is 3.27. The molecule has 3 aromatic rings. The SMILES string of the molecule is Cc1ccc(Nc2nc3ncccc3o2)cc1. The number of aromatic nitrogens is 2. The molecule has 84 valence electrons. The van der Waals surface area contributed by atoms with Crippen molar-refractivity contribution < 1.29 is 4.42 Å². The smallest absolute Gasteiger partial charge is 0.301 e. The molecule has 0 atom stereocenters. The van der Waals surface area contributed by atoms with Gasteiger partial charge in [0, 0.05) is 11.9 Å². The van der Waals surface area contributed by atoms with Crippen molar-refractivity contribution >= 4 is 22.9 Å². The van der Waals surface area contributed by atoms with Crippen molar-refractivity contribution in [2.24, 2.45) is 0 Å². The molecular formula is C13H11N3O.